The van der Waals surface area contributed by atoms with Gasteiger partial charge in [-0.1, -0.05) is 112 Å². The van der Waals surface area contributed by atoms with Crippen molar-refractivity contribution in [3.05, 3.63) is 75.8 Å². The first-order valence-corrected chi connectivity index (χ1v) is 18.1. The molecule has 246 valence electrons. The Balaban J connectivity index is 1.68. The van der Waals surface area contributed by atoms with E-state index in [-0.39, 0.29) is 18.9 Å². The first-order valence-electron chi connectivity index (χ1n) is 15.9. The zero-order valence-electron chi connectivity index (χ0n) is 25.9. The molecule has 0 fully saturated rings. The van der Waals surface area contributed by atoms with Crippen molar-refractivity contribution in [2.45, 2.75) is 116 Å². The van der Waals surface area contributed by atoms with Crippen molar-refractivity contribution in [2.24, 2.45) is 0 Å². The van der Waals surface area contributed by atoms with Crippen LogP contribution in [0.2, 0.25) is 10.0 Å². The fraction of sp³-hybridized carbons (Fsp3) is 0.559. The van der Waals surface area contributed by atoms with Crippen LogP contribution in [0.25, 0.3) is 0 Å². The summed E-state index contributed by atoms with van der Waals surface area (Å²) in [5.41, 5.74) is 1.50. The molecule has 0 saturated heterocycles. The highest BCUT2D eigenvalue weighted by atomic mass is 35.5. The van der Waals surface area contributed by atoms with Gasteiger partial charge in [0.15, 0.2) is 0 Å². The Labute approximate surface area is 274 Å². The maximum atomic E-state index is 12.6. The van der Waals surface area contributed by atoms with E-state index in [1.807, 2.05) is 0 Å². The largest absolute Gasteiger partial charge is 0.790 e. The van der Waals surface area contributed by atoms with Crippen LogP contribution in [-0.4, -0.2) is 18.6 Å². The van der Waals surface area contributed by atoms with Gasteiger partial charge in [0.25, 0.3) is 0 Å². The van der Waals surface area contributed by atoms with Crippen molar-refractivity contribution in [1.82, 2.24) is 5.32 Å². The molecule has 1 N–H and O–H groups in total. The first kappa shape index (κ1) is 38.3. The number of hydrogen-bond acceptors (Lipinski definition) is 6. The molecule has 1 amide bonds. The molecule has 2 aromatic carbocycles. The van der Waals surface area contributed by atoms with Crippen LogP contribution in [0.5, 0.6) is 5.75 Å². The third kappa shape index (κ3) is 18.2. The Bertz CT molecular complexity index is 1130. The van der Waals surface area contributed by atoms with Gasteiger partial charge < -0.3 is 28.9 Å². The maximum Gasteiger partial charge on any atom is 0.220 e. The molecule has 1 atom stereocenters. The Morgan fingerprint density at radius 3 is 2.02 bits per heavy atom. The standard InChI is InChI=1S/C34H50Cl2NO6P/c1-2-3-4-5-6-7-8-9-10-11-12-13-14-15-16-20-34(38)37-29(26-43-44(39,40)41)25-28-21-23-30(24-22-28)42-27-31-32(35)18-17-19-33(31)36/h9-10,17-19,21-24,29H,2-8,11-16,20,25-27H2,1H3,(H,37,38)(H2,39,40,41)/p-2/b10-9-. The van der Waals surface area contributed by atoms with Crippen LogP contribution in [0.15, 0.2) is 54.6 Å². The summed E-state index contributed by atoms with van der Waals surface area (Å²) >= 11 is 12.4. The van der Waals surface area contributed by atoms with Gasteiger partial charge in [-0.15, -0.1) is 0 Å². The topological polar surface area (TPSA) is 111 Å². The number of unbranched alkanes of at least 4 members (excludes halogenated alkanes) is 11. The summed E-state index contributed by atoms with van der Waals surface area (Å²) in [5, 5.41) is 3.86. The molecular formula is C34H48Cl2NO6P-2. The molecule has 44 heavy (non-hydrogen) atoms. The van der Waals surface area contributed by atoms with Crippen molar-refractivity contribution in [3.63, 3.8) is 0 Å². The molecule has 0 aliphatic heterocycles. The van der Waals surface area contributed by atoms with E-state index >= 15 is 0 Å². The lowest BCUT2D eigenvalue weighted by Crippen LogP contribution is -2.40. The van der Waals surface area contributed by atoms with Crippen molar-refractivity contribution in [2.75, 3.05) is 6.61 Å². The van der Waals surface area contributed by atoms with Crippen molar-refractivity contribution >= 4 is 36.9 Å². The Morgan fingerprint density at radius 2 is 1.43 bits per heavy atom. The van der Waals surface area contributed by atoms with E-state index < -0.39 is 20.5 Å². The summed E-state index contributed by atoms with van der Waals surface area (Å²) in [7, 11) is -5.17. The molecule has 1 unspecified atom stereocenters. The zero-order valence-corrected chi connectivity index (χ0v) is 28.4. The second-order valence-electron chi connectivity index (χ2n) is 11.2. The van der Waals surface area contributed by atoms with Crippen molar-refractivity contribution < 1.29 is 28.4 Å². The molecule has 0 aromatic heterocycles. The average Bonchev–Trinajstić information content (AvgIpc) is 2.98. The number of benzene rings is 2. The van der Waals surface area contributed by atoms with E-state index in [0.29, 0.717) is 27.8 Å². The van der Waals surface area contributed by atoms with Crippen LogP contribution in [0.4, 0.5) is 0 Å². The number of hydrogen-bond donors (Lipinski definition) is 1. The number of phosphoric ester groups is 1. The highest BCUT2D eigenvalue weighted by Crippen LogP contribution is 2.27. The van der Waals surface area contributed by atoms with E-state index in [4.69, 9.17) is 27.9 Å². The fourth-order valence-electron chi connectivity index (χ4n) is 4.82. The lowest BCUT2D eigenvalue weighted by Gasteiger charge is -2.31. The Kier molecular flexibility index (Phi) is 19.7. The Hall–Kier alpha value is -1.86. The van der Waals surface area contributed by atoms with Crippen LogP contribution in [0, 0.1) is 0 Å². The normalized spacial score (nSPS) is 12.5. The number of amides is 1. The monoisotopic (exact) mass is 667 g/mol. The molecule has 0 spiro atoms. The van der Waals surface area contributed by atoms with Crippen LogP contribution in [0.1, 0.15) is 108 Å². The summed E-state index contributed by atoms with van der Waals surface area (Å²) in [6.07, 6.45) is 20.5. The second kappa shape index (κ2) is 22.6. The number of phosphoric acid groups is 1. The minimum atomic E-state index is -5.17. The molecule has 0 aliphatic carbocycles. The lowest BCUT2D eigenvalue weighted by atomic mass is 10.1. The number of halogens is 2. The van der Waals surface area contributed by atoms with Gasteiger partial charge in [-0.05, 0) is 68.4 Å². The van der Waals surface area contributed by atoms with Gasteiger partial charge >= 0.3 is 0 Å². The SMILES string of the molecule is CCCCCCCC/C=C\CCCCCCCC(=O)NC(COP(=O)([O-])[O-])Cc1ccc(OCc2c(Cl)cccc2Cl)cc1. The molecule has 0 aliphatic rings. The maximum absolute atomic E-state index is 12.6. The van der Waals surface area contributed by atoms with Crippen molar-refractivity contribution in [1.29, 1.82) is 0 Å². The minimum Gasteiger partial charge on any atom is -0.790 e. The second-order valence-corrected chi connectivity index (χ2v) is 13.1. The van der Waals surface area contributed by atoms with Gasteiger partial charge in [0.1, 0.15) is 12.4 Å². The Morgan fingerprint density at radius 1 is 0.864 bits per heavy atom. The average molecular weight is 669 g/mol. The third-order valence-electron chi connectivity index (χ3n) is 7.31. The predicted octanol–water partition coefficient (Wildman–Crippen LogP) is 8.48. The zero-order chi connectivity index (χ0) is 32.0. The molecule has 2 aromatic rings. The molecule has 0 heterocycles. The van der Waals surface area contributed by atoms with E-state index in [0.717, 1.165) is 44.1 Å². The smallest absolute Gasteiger partial charge is 0.220 e. The summed E-state index contributed by atoms with van der Waals surface area (Å²) in [6.45, 7) is 2.01. The summed E-state index contributed by atoms with van der Waals surface area (Å²) < 4.78 is 21.4. The highest BCUT2D eigenvalue weighted by Gasteiger charge is 2.15. The van der Waals surface area contributed by atoms with Crippen LogP contribution in [-0.2, 0) is 26.9 Å². The quantitative estimate of drug-likeness (QED) is 0.0683. The molecule has 0 bridgehead atoms. The molecule has 10 heteroatoms. The molecule has 2 rings (SSSR count). The number of rotatable bonds is 24. The van der Waals surface area contributed by atoms with Gasteiger partial charge in [0.05, 0.1) is 20.5 Å². The minimum absolute atomic E-state index is 0.195. The van der Waals surface area contributed by atoms with Gasteiger partial charge in [0, 0.05) is 22.0 Å². The van der Waals surface area contributed by atoms with E-state index in [9.17, 15) is 19.1 Å². The van der Waals surface area contributed by atoms with Crippen LogP contribution in [0.3, 0.4) is 0 Å². The van der Waals surface area contributed by atoms with Gasteiger partial charge in [-0.25, -0.2) is 0 Å². The highest BCUT2D eigenvalue weighted by molar-refractivity contribution is 7.43. The first-order chi connectivity index (χ1) is 21.2. The van der Waals surface area contributed by atoms with Gasteiger partial charge in [0.2, 0.25) is 5.91 Å². The van der Waals surface area contributed by atoms with E-state index in [1.54, 1.807) is 42.5 Å². The molecule has 0 saturated carbocycles. The van der Waals surface area contributed by atoms with Crippen LogP contribution >= 0.6 is 31.0 Å². The van der Waals surface area contributed by atoms with E-state index in [2.05, 4.69) is 28.9 Å². The van der Waals surface area contributed by atoms with Gasteiger partial charge in [-0.2, -0.15) is 0 Å². The fourth-order valence-corrected chi connectivity index (χ4v) is 5.69. The predicted molar refractivity (Wildman–Crippen MR) is 176 cm³/mol. The number of nitrogens with one attached hydrogen (secondary N) is 1. The number of allylic oxidation sites excluding steroid dienone is 2. The lowest BCUT2D eigenvalue weighted by molar-refractivity contribution is -0.342. The van der Waals surface area contributed by atoms with Crippen LogP contribution < -0.4 is 19.8 Å². The third-order valence-corrected chi connectivity index (χ3v) is 8.49. The number of carbonyl (C=O) groups excluding carboxylic acids is 1. The summed E-state index contributed by atoms with van der Waals surface area (Å²) in [6, 6.07) is 11.7. The van der Waals surface area contributed by atoms with Gasteiger partial charge in [-0.3, -0.25) is 4.79 Å². The molecular weight excluding hydrogens is 620 g/mol. The molecule has 7 nitrogen and oxygen atoms in total. The molecule has 0 radical (unpaired) electrons. The number of ether oxygens (including phenoxy) is 1. The summed E-state index contributed by atoms with van der Waals surface area (Å²) in [4.78, 5) is 34.8. The van der Waals surface area contributed by atoms with Crippen molar-refractivity contribution in [3.8, 4) is 5.75 Å². The summed E-state index contributed by atoms with van der Waals surface area (Å²) in [5.74, 6) is 0.397. The van der Waals surface area contributed by atoms with E-state index in [1.165, 1.54) is 44.9 Å². The number of carbonyl (C=O) groups is 1.